The van der Waals surface area contributed by atoms with Crippen LogP contribution in [-0.2, 0) is 0 Å². The van der Waals surface area contributed by atoms with E-state index in [0.717, 1.165) is 28.9 Å². The number of carbonyl (C=O) groups excluding carboxylic acids is 1. The number of pyridine rings is 1. The number of aromatic nitrogens is 3. The summed E-state index contributed by atoms with van der Waals surface area (Å²) in [6.45, 7) is 3.85. The zero-order valence-electron chi connectivity index (χ0n) is 8.61. The van der Waals surface area contributed by atoms with Crippen LogP contribution in [0, 0.1) is 13.8 Å². The van der Waals surface area contributed by atoms with Crippen molar-refractivity contribution in [2.75, 3.05) is 0 Å². The van der Waals surface area contributed by atoms with Crippen LogP contribution >= 0.6 is 0 Å². The van der Waals surface area contributed by atoms with Gasteiger partial charge in [-0.15, -0.1) is 0 Å². The molecule has 0 unspecified atom stereocenters. The standard InChI is InChI=1S/C11H11N3O/c1-7-11(8(2)14-13-7)10-5-3-4-9(6-15)12-10/h3-6H,1-2H3,(H,13,14). The first-order valence-electron chi connectivity index (χ1n) is 4.66. The molecule has 0 atom stereocenters. The lowest BCUT2D eigenvalue weighted by Gasteiger charge is -2.00. The van der Waals surface area contributed by atoms with Crippen LogP contribution in [0.25, 0.3) is 11.3 Å². The van der Waals surface area contributed by atoms with Crippen molar-refractivity contribution in [3.63, 3.8) is 0 Å². The summed E-state index contributed by atoms with van der Waals surface area (Å²) >= 11 is 0. The van der Waals surface area contributed by atoms with E-state index in [0.29, 0.717) is 5.69 Å². The first-order chi connectivity index (χ1) is 7.22. The number of aryl methyl sites for hydroxylation is 2. The highest BCUT2D eigenvalue weighted by Crippen LogP contribution is 2.22. The fourth-order valence-electron chi connectivity index (χ4n) is 1.58. The quantitative estimate of drug-likeness (QED) is 0.755. The molecule has 0 spiro atoms. The first kappa shape index (κ1) is 9.58. The molecule has 2 heterocycles. The molecule has 0 saturated carbocycles. The summed E-state index contributed by atoms with van der Waals surface area (Å²) in [5, 5.41) is 6.99. The number of hydrogen-bond donors (Lipinski definition) is 1. The number of carbonyl (C=O) groups is 1. The summed E-state index contributed by atoms with van der Waals surface area (Å²) in [5.74, 6) is 0. The minimum atomic E-state index is 0.438. The average molecular weight is 201 g/mol. The second-order valence-electron chi connectivity index (χ2n) is 3.37. The van der Waals surface area contributed by atoms with Gasteiger partial charge in [0, 0.05) is 11.3 Å². The Morgan fingerprint density at radius 2 is 2.13 bits per heavy atom. The van der Waals surface area contributed by atoms with Crippen LogP contribution in [0.2, 0.25) is 0 Å². The normalized spacial score (nSPS) is 10.3. The molecule has 0 fully saturated rings. The topological polar surface area (TPSA) is 58.6 Å². The molecule has 0 saturated heterocycles. The second-order valence-corrected chi connectivity index (χ2v) is 3.37. The lowest BCUT2D eigenvalue weighted by molar-refractivity contribution is 0.111. The fourth-order valence-corrected chi connectivity index (χ4v) is 1.58. The summed E-state index contributed by atoms with van der Waals surface area (Å²) < 4.78 is 0. The Morgan fingerprint density at radius 1 is 1.33 bits per heavy atom. The van der Waals surface area contributed by atoms with Crippen molar-refractivity contribution in [2.45, 2.75) is 13.8 Å². The highest BCUT2D eigenvalue weighted by Gasteiger charge is 2.10. The van der Waals surface area contributed by atoms with E-state index in [4.69, 9.17) is 0 Å². The van der Waals surface area contributed by atoms with Crippen LogP contribution in [0.15, 0.2) is 18.2 Å². The van der Waals surface area contributed by atoms with Crippen LogP contribution in [0.1, 0.15) is 21.9 Å². The Bertz CT molecular complexity index is 483. The second kappa shape index (κ2) is 3.65. The first-order valence-corrected chi connectivity index (χ1v) is 4.66. The summed E-state index contributed by atoms with van der Waals surface area (Å²) in [5.41, 5.74) is 4.04. The van der Waals surface area contributed by atoms with Gasteiger partial charge in [0.1, 0.15) is 5.69 Å². The van der Waals surface area contributed by atoms with Gasteiger partial charge in [0.25, 0.3) is 0 Å². The number of rotatable bonds is 2. The highest BCUT2D eigenvalue weighted by atomic mass is 16.1. The maximum Gasteiger partial charge on any atom is 0.168 e. The summed E-state index contributed by atoms with van der Waals surface area (Å²) in [7, 11) is 0. The number of nitrogens with zero attached hydrogens (tertiary/aromatic N) is 2. The van der Waals surface area contributed by atoms with Gasteiger partial charge in [-0.1, -0.05) is 6.07 Å². The van der Waals surface area contributed by atoms with E-state index in [1.807, 2.05) is 26.0 Å². The van der Waals surface area contributed by atoms with E-state index >= 15 is 0 Å². The smallest absolute Gasteiger partial charge is 0.168 e. The van der Waals surface area contributed by atoms with Gasteiger partial charge in [0.15, 0.2) is 6.29 Å². The van der Waals surface area contributed by atoms with Crippen LogP contribution in [0.3, 0.4) is 0 Å². The lowest BCUT2D eigenvalue weighted by Crippen LogP contribution is -1.91. The molecule has 0 amide bonds. The zero-order chi connectivity index (χ0) is 10.8. The third kappa shape index (κ3) is 1.66. The Morgan fingerprint density at radius 3 is 2.73 bits per heavy atom. The molecule has 15 heavy (non-hydrogen) atoms. The lowest BCUT2D eigenvalue weighted by atomic mass is 10.1. The van der Waals surface area contributed by atoms with Crippen molar-refractivity contribution in [1.82, 2.24) is 15.2 Å². The molecule has 76 valence electrons. The van der Waals surface area contributed by atoms with E-state index in [2.05, 4.69) is 15.2 Å². The van der Waals surface area contributed by atoms with Gasteiger partial charge in [-0.3, -0.25) is 9.89 Å². The van der Waals surface area contributed by atoms with Crippen molar-refractivity contribution >= 4 is 6.29 Å². The molecule has 0 aliphatic carbocycles. The van der Waals surface area contributed by atoms with Crippen molar-refractivity contribution < 1.29 is 4.79 Å². The predicted molar refractivity (Wildman–Crippen MR) is 56.7 cm³/mol. The number of aldehydes is 1. The van der Waals surface area contributed by atoms with Gasteiger partial charge in [-0.05, 0) is 26.0 Å². The molecule has 4 heteroatoms. The molecule has 2 aromatic heterocycles. The minimum Gasteiger partial charge on any atom is -0.296 e. The van der Waals surface area contributed by atoms with Gasteiger partial charge in [0.2, 0.25) is 0 Å². The Labute approximate surface area is 87.4 Å². The number of H-pyrrole nitrogens is 1. The van der Waals surface area contributed by atoms with E-state index in [1.54, 1.807) is 6.07 Å². The molecule has 2 aromatic rings. The van der Waals surface area contributed by atoms with Gasteiger partial charge < -0.3 is 0 Å². The maximum absolute atomic E-state index is 10.6. The molecule has 1 N–H and O–H groups in total. The molecule has 0 aliphatic heterocycles. The highest BCUT2D eigenvalue weighted by molar-refractivity contribution is 5.74. The van der Waals surface area contributed by atoms with Gasteiger partial charge >= 0.3 is 0 Å². The third-order valence-corrected chi connectivity index (χ3v) is 2.28. The number of aromatic amines is 1. The SMILES string of the molecule is Cc1n[nH]c(C)c1-c1cccc(C=O)n1. The summed E-state index contributed by atoms with van der Waals surface area (Å²) in [6.07, 6.45) is 0.744. The zero-order valence-corrected chi connectivity index (χ0v) is 8.61. The largest absolute Gasteiger partial charge is 0.296 e. The minimum absolute atomic E-state index is 0.438. The molecule has 2 rings (SSSR count). The van der Waals surface area contributed by atoms with E-state index in [9.17, 15) is 4.79 Å². The Hall–Kier alpha value is -1.97. The van der Waals surface area contributed by atoms with Crippen LogP contribution in [0.4, 0.5) is 0 Å². The predicted octanol–water partition coefficient (Wildman–Crippen LogP) is 1.90. The Kier molecular flexibility index (Phi) is 2.33. The molecule has 0 radical (unpaired) electrons. The molecule has 4 nitrogen and oxygen atoms in total. The monoisotopic (exact) mass is 201 g/mol. The van der Waals surface area contributed by atoms with E-state index in [1.165, 1.54) is 0 Å². The van der Waals surface area contributed by atoms with Crippen molar-refractivity contribution in [3.8, 4) is 11.3 Å². The van der Waals surface area contributed by atoms with Crippen molar-refractivity contribution in [1.29, 1.82) is 0 Å². The van der Waals surface area contributed by atoms with Crippen molar-refractivity contribution in [3.05, 3.63) is 35.3 Å². The van der Waals surface area contributed by atoms with E-state index < -0.39 is 0 Å². The number of nitrogens with one attached hydrogen (secondary N) is 1. The van der Waals surface area contributed by atoms with Crippen LogP contribution in [-0.4, -0.2) is 21.5 Å². The fraction of sp³-hybridized carbons (Fsp3) is 0.182. The summed E-state index contributed by atoms with van der Waals surface area (Å²) in [4.78, 5) is 14.8. The molecular formula is C11H11N3O. The Balaban J connectivity index is 2.58. The number of hydrogen-bond acceptors (Lipinski definition) is 3. The van der Waals surface area contributed by atoms with E-state index in [-0.39, 0.29) is 0 Å². The maximum atomic E-state index is 10.6. The third-order valence-electron chi connectivity index (χ3n) is 2.28. The van der Waals surface area contributed by atoms with Gasteiger partial charge in [-0.2, -0.15) is 5.10 Å². The molecule has 0 bridgehead atoms. The van der Waals surface area contributed by atoms with Gasteiger partial charge in [-0.25, -0.2) is 4.98 Å². The van der Waals surface area contributed by atoms with Crippen LogP contribution < -0.4 is 0 Å². The molecule has 0 aliphatic rings. The van der Waals surface area contributed by atoms with Gasteiger partial charge in [0.05, 0.1) is 11.4 Å². The molecule has 0 aromatic carbocycles. The average Bonchev–Trinajstić information content (AvgIpc) is 2.59. The molecular weight excluding hydrogens is 190 g/mol. The van der Waals surface area contributed by atoms with Crippen molar-refractivity contribution in [2.24, 2.45) is 0 Å². The summed E-state index contributed by atoms with van der Waals surface area (Å²) in [6, 6.07) is 5.37. The van der Waals surface area contributed by atoms with Crippen LogP contribution in [0.5, 0.6) is 0 Å².